The summed E-state index contributed by atoms with van der Waals surface area (Å²) in [5.74, 6) is -0.214. The number of likely N-dealkylation sites (tertiary alicyclic amines) is 1. The molecule has 1 heterocycles. The maximum absolute atomic E-state index is 12.5. The lowest BCUT2D eigenvalue weighted by atomic mass is 10.0. The molecule has 0 bridgehead atoms. The van der Waals surface area contributed by atoms with Gasteiger partial charge in [0.1, 0.15) is 11.6 Å². The van der Waals surface area contributed by atoms with E-state index in [-0.39, 0.29) is 17.5 Å². The molecule has 6 heteroatoms. The average molecular weight is 391 g/mol. The molecule has 5 nitrogen and oxygen atoms in total. The lowest BCUT2D eigenvalue weighted by Crippen LogP contribution is -2.45. The fourth-order valence-electron chi connectivity index (χ4n) is 2.80. The Labute approximate surface area is 152 Å². The van der Waals surface area contributed by atoms with Gasteiger partial charge in [-0.3, -0.25) is 4.79 Å². The van der Waals surface area contributed by atoms with Gasteiger partial charge < -0.3 is 15.1 Å². The summed E-state index contributed by atoms with van der Waals surface area (Å²) in [7, 11) is 3.88. The van der Waals surface area contributed by atoms with Crippen molar-refractivity contribution in [3.8, 4) is 6.07 Å². The average Bonchev–Trinajstić information content (AvgIpc) is 2.58. The van der Waals surface area contributed by atoms with Crippen molar-refractivity contribution in [3.63, 3.8) is 0 Å². The van der Waals surface area contributed by atoms with Crippen LogP contribution in [0.3, 0.4) is 0 Å². The molecule has 24 heavy (non-hydrogen) atoms. The Kier molecular flexibility index (Phi) is 6.83. The number of halogens is 1. The molecule has 1 fully saturated rings. The van der Waals surface area contributed by atoms with E-state index >= 15 is 0 Å². The van der Waals surface area contributed by atoms with E-state index in [4.69, 9.17) is 0 Å². The van der Waals surface area contributed by atoms with Crippen LogP contribution in [0.2, 0.25) is 0 Å². The molecule has 1 N–H and O–H groups in total. The first-order valence-corrected chi connectivity index (χ1v) is 8.84. The number of nitrogens with one attached hydrogen (secondary N) is 1. The van der Waals surface area contributed by atoms with Gasteiger partial charge in [0.25, 0.3) is 5.91 Å². The van der Waals surface area contributed by atoms with Gasteiger partial charge in [-0.15, -0.1) is 0 Å². The van der Waals surface area contributed by atoms with Crippen molar-refractivity contribution in [2.75, 3.05) is 27.2 Å². The second-order valence-electron chi connectivity index (χ2n) is 6.13. The zero-order valence-corrected chi connectivity index (χ0v) is 15.7. The first kappa shape index (κ1) is 18.5. The fraction of sp³-hybridized carbons (Fsp3) is 0.444. The van der Waals surface area contributed by atoms with Crippen molar-refractivity contribution in [1.29, 1.82) is 5.26 Å². The van der Waals surface area contributed by atoms with E-state index in [1.807, 2.05) is 30.3 Å². The maximum Gasteiger partial charge on any atom is 0.265 e. The number of carbonyl (C=O) groups excluding carboxylic acids is 1. The number of hydrogen-bond donors (Lipinski definition) is 1. The van der Waals surface area contributed by atoms with Gasteiger partial charge in [-0.05, 0) is 50.7 Å². The second kappa shape index (κ2) is 8.86. The molecule has 1 aliphatic rings. The highest BCUT2D eigenvalue weighted by atomic mass is 79.9. The molecular weight excluding hydrogens is 368 g/mol. The van der Waals surface area contributed by atoms with E-state index in [1.165, 1.54) is 6.20 Å². The molecule has 0 saturated carbocycles. The summed E-state index contributed by atoms with van der Waals surface area (Å²) in [5.41, 5.74) is 1.22. The maximum atomic E-state index is 12.5. The van der Waals surface area contributed by atoms with Crippen LogP contribution in [0, 0.1) is 11.3 Å². The van der Waals surface area contributed by atoms with Gasteiger partial charge in [-0.1, -0.05) is 28.1 Å². The Balaban J connectivity index is 1.94. The largest absolute Gasteiger partial charge is 0.386 e. The first-order valence-electron chi connectivity index (χ1n) is 8.05. The van der Waals surface area contributed by atoms with Crippen molar-refractivity contribution in [1.82, 2.24) is 15.1 Å². The molecule has 0 atom stereocenters. The number of likely N-dealkylation sites (N-methyl/N-ethyl adjacent to an activating group) is 1. The minimum absolute atomic E-state index is 0.145. The van der Waals surface area contributed by atoms with Crippen LogP contribution < -0.4 is 5.32 Å². The minimum Gasteiger partial charge on any atom is -0.386 e. The molecule has 1 amide bonds. The summed E-state index contributed by atoms with van der Waals surface area (Å²) in [4.78, 5) is 16.5. The number of nitrogens with zero attached hydrogens (tertiary/aromatic N) is 3. The van der Waals surface area contributed by atoms with Crippen LogP contribution in [0.4, 0.5) is 0 Å². The van der Waals surface area contributed by atoms with Crippen LogP contribution in [-0.2, 0) is 11.3 Å². The van der Waals surface area contributed by atoms with Gasteiger partial charge in [0.2, 0.25) is 0 Å². The van der Waals surface area contributed by atoms with Crippen LogP contribution in [-0.4, -0.2) is 48.9 Å². The van der Waals surface area contributed by atoms with Crippen LogP contribution in [0.25, 0.3) is 0 Å². The molecule has 1 saturated heterocycles. The first-order chi connectivity index (χ1) is 11.5. The Morgan fingerprint density at radius 1 is 1.50 bits per heavy atom. The summed E-state index contributed by atoms with van der Waals surface area (Å²) < 4.78 is 1.00. The number of amides is 1. The molecule has 1 aromatic carbocycles. The van der Waals surface area contributed by atoms with E-state index < -0.39 is 0 Å². The van der Waals surface area contributed by atoms with Gasteiger partial charge in [0.15, 0.2) is 0 Å². The fourth-order valence-corrected chi connectivity index (χ4v) is 3.24. The highest BCUT2D eigenvalue weighted by molar-refractivity contribution is 9.10. The zero-order valence-electron chi connectivity index (χ0n) is 14.1. The van der Waals surface area contributed by atoms with Crippen molar-refractivity contribution in [2.45, 2.75) is 25.4 Å². The van der Waals surface area contributed by atoms with Gasteiger partial charge in [0.05, 0.1) is 0 Å². The van der Waals surface area contributed by atoms with E-state index in [2.05, 4.69) is 33.2 Å². The van der Waals surface area contributed by atoms with Gasteiger partial charge in [0, 0.05) is 30.3 Å². The molecule has 128 valence electrons. The van der Waals surface area contributed by atoms with Crippen LogP contribution in [0.5, 0.6) is 0 Å². The van der Waals surface area contributed by atoms with Crippen LogP contribution >= 0.6 is 15.9 Å². The van der Waals surface area contributed by atoms with Gasteiger partial charge in [-0.2, -0.15) is 5.26 Å². The predicted molar refractivity (Wildman–Crippen MR) is 98.0 cm³/mol. The second-order valence-corrected chi connectivity index (χ2v) is 7.05. The molecule has 2 rings (SSSR count). The minimum atomic E-state index is -0.214. The van der Waals surface area contributed by atoms with Crippen molar-refractivity contribution >= 4 is 21.8 Å². The molecule has 1 aromatic rings. The summed E-state index contributed by atoms with van der Waals surface area (Å²) in [6.45, 7) is 2.53. The van der Waals surface area contributed by atoms with Crippen molar-refractivity contribution in [2.24, 2.45) is 0 Å². The molecule has 1 aliphatic heterocycles. The Hall–Kier alpha value is -1.84. The number of hydrogen-bond acceptors (Lipinski definition) is 4. The van der Waals surface area contributed by atoms with E-state index in [9.17, 15) is 10.1 Å². The molecule has 0 aliphatic carbocycles. The Morgan fingerprint density at radius 3 is 2.83 bits per heavy atom. The van der Waals surface area contributed by atoms with E-state index in [0.29, 0.717) is 6.54 Å². The van der Waals surface area contributed by atoms with Gasteiger partial charge >= 0.3 is 0 Å². The third kappa shape index (κ3) is 5.08. The highest BCUT2D eigenvalue weighted by Crippen LogP contribution is 2.16. The number of piperidine rings is 1. The van der Waals surface area contributed by atoms with E-state index in [1.54, 1.807) is 11.9 Å². The number of nitriles is 1. The lowest BCUT2D eigenvalue weighted by molar-refractivity contribution is -0.128. The standard InChI is InChI=1S/C18H23BrN4O/c1-22-8-6-17(7-9-22)23(2)18(24)15(11-20)13-21-12-14-4-3-5-16(19)10-14/h3-5,10,13,17,21H,6-9,12H2,1-2H3/b15-13-. The van der Waals surface area contributed by atoms with E-state index in [0.717, 1.165) is 36.0 Å². The van der Waals surface area contributed by atoms with Crippen LogP contribution in [0.15, 0.2) is 40.5 Å². The highest BCUT2D eigenvalue weighted by Gasteiger charge is 2.25. The lowest BCUT2D eigenvalue weighted by Gasteiger charge is -2.34. The molecule has 0 aromatic heterocycles. The zero-order chi connectivity index (χ0) is 17.5. The van der Waals surface area contributed by atoms with Crippen molar-refractivity contribution in [3.05, 3.63) is 46.1 Å². The van der Waals surface area contributed by atoms with Crippen LogP contribution in [0.1, 0.15) is 18.4 Å². The third-order valence-corrected chi connectivity index (χ3v) is 4.84. The molecule has 0 spiro atoms. The molecule has 0 unspecified atom stereocenters. The third-order valence-electron chi connectivity index (χ3n) is 4.35. The number of benzene rings is 1. The van der Waals surface area contributed by atoms with Crippen molar-refractivity contribution < 1.29 is 4.79 Å². The summed E-state index contributed by atoms with van der Waals surface area (Å²) in [6, 6.07) is 10.1. The molecular formula is C18H23BrN4O. The Morgan fingerprint density at radius 2 is 2.21 bits per heavy atom. The topological polar surface area (TPSA) is 59.4 Å². The molecule has 0 radical (unpaired) electrons. The summed E-state index contributed by atoms with van der Waals surface area (Å²) >= 11 is 3.43. The Bertz CT molecular complexity index is 645. The van der Waals surface area contributed by atoms with Gasteiger partial charge in [-0.25, -0.2) is 0 Å². The quantitative estimate of drug-likeness (QED) is 0.619. The SMILES string of the molecule is CN1CCC(N(C)C(=O)/C(C#N)=C\NCc2cccc(Br)c2)CC1. The monoisotopic (exact) mass is 390 g/mol. The summed E-state index contributed by atoms with van der Waals surface area (Å²) in [5, 5.41) is 12.4. The normalized spacial score (nSPS) is 16.5. The predicted octanol–water partition coefficient (Wildman–Crippen LogP) is 2.50. The smallest absolute Gasteiger partial charge is 0.265 e. The summed E-state index contributed by atoms with van der Waals surface area (Å²) in [6.07, 6.45) is 3.42. The number of carbonyl (C=O) groups is 1. The number of rotatable bonds is 5.